The molecule has 1 aromatic rings. The van der Waals surface area contributed by atoms with Gasteiger partial charge >= 0.3 is 6.03 Å². The smallest absolute Gasteiger partial charge is 0.322 e. The summed E-state index contributed by atoms with van der Waals surface area (Å²) in [4.78, 5) is 13.3. The summed E-state index contributed by atoms with van der Waals surface area (Å²) in [5, 5.41) is 12.6. The number of anilines is 1. The number of benzene rings is 1. The first-order chi connectivity index (χ1) is 7.63. The Hall–Kier alpha value is -1.55. The van der Waals surface area contributed by atoms with Crippen LogP contribution in [0, 0.1) is 0 Å². The molecule has 1 aromatic carbocycles. The quantitative estimate of drug-likeness (QED) is 0.796. The van der Waals surface area contributed by atoms with E-state index in [4.69, 9.17) is 0 Å². The highest BCUT2D eigenvalue weighted by atomic mass is 16.3. The zero-order valence-electron chi connectivity index (χ0n) is 9.31. The zero-order valence-corrected chi connectivity index (χ0v) is 9.31. The fourth-order valence-electron chi connectivity index (χ4n) is 1.76. The van der Waals surface area contributed by atoms with Crippen molar-refractivity contribution in [2.45, 2.75) is 18.9 Å². The van der Waals surface area contributed by atoms with Gasteiger partial charge in [0.25, 0.3) is 0 Å². The molecule has 0 spiro atoms. The summed E-state index contributed by atoms with van der Waals surface area (Å²) in [5.41, 5.74) is 0.105. The van der Waals surface area contributed by atoms with Gasteiger partial charge in [-0.2, -0.15) is 0 Å². The number of carbonyl (C=O) groups is 1. The minimum Gasteiger partial charge on any atom is -0.386 e. The molecule has 1 saturated heterocycles. The van der Waals surface area contributed by atoms with Crippen molar-refractivity contribution in [3.63, 3.8) is 0 Å². The monoisotopic (exact) mass is 220 g/mol. The summed E-state index contributed by atoms with van der Waals surface area (Å²) in [6.45, 7) is 2.76. The molecule has 2 amide bonds. The molecule has 0 unspecified atom stereocenters. The van der Waals surface area contributed by atoms with Gasteiger partial charge < -0.3 is 15.3 Å². The van der Waals surface area contributed by atoms with Crippen molar-refractivity contribution in [3.8, 4) is 0 Å². The van der Waals surface area contributed by atoms with E-state index in [0.717, 1.165) is 5.69 Å². The number of nitrogens with zero attached hydrogens (tertiary/aromatic N) is 1. The Kier molecular flexibility index (Phi) is 2.83. The van der Waals surface area contributed by atoms with Crippen molar-refractivity contribution >= 4 is 11.7 Å². The summed E-state index contributed by atoms with van der Waals surface area (Å²) in [7, 11) is 0. The van der Waals surface area contributed by atoms with Crippen LogP contribution in [0.15, 0.2) is 30.3 Å². The molecule has 2 N–H and O–H groups in total. The summed E-state index contributed by atoms with van der Waals surface area (Å²) < 4.78 is 0. The first kappa shape index (κ1) is 11.0. The molecule has 4 heteroatoms. The zero-order chi connectivity index (χ0) is 11.6. The average Bonchev–Trinajstić information content (AvgIpc) is 2.26. The Morgan fingerprint density at radius 3 is 2.62 bits per heavy atom. The predicted molar refractivity (Wildman–Crippen MR) is 62.3 cm³/mol. The van der Waals surface area contributed by atoms with Crippen LogP contribution in [0.3, 0.4) is 0 Å². The molecular formula is C12H16N2O2. The van der Waals surface area contributed by atoms with E-state index < -0.39 is 5.60 Å². The van der Waals surface area contributed by atoms with Crippen LogP contribution in [0.2, 0.25) is 0 Å². The van der Waals surface area contributed by atoms with E-state index in [9.17, 15) is 9.90 Å². The van der Waals surface area contributed by atoms with Gasteiger partial charge in [-0.05, 0) is 18.6 Å². The highest BCUT2D eigenvalue weighted by molar-refractivity contribution is 5.90. The maximum Gasteiger partial charge on any atom is 0.322 e. The predicted octanol–water partition coefficient (Wildman–Crippen LogP) is 1.68. The molecule has 1 heterocycles. The van der Waals surface area contributed by atoms with Crippen molar-refractivity contribution in [1.82, 2.24) is 4.90 Å². The fraction of sp³-hybridized carbons (Fsp3) is 0.417. The van der Waals surface area contributed by atoms with Gasteiger partial charge in [-0.15, -0.1) is 0 Å². The fourth-order valence-corrected chi connectivity index (χ4v) is 1.76. The van der Waals surface area contributed by atoms with Gasteiger partial charge in [0.1, 0.15) is 0 Å². The lowest BCUT2D eigenvalue weighted by atomic mass is 9.92. The first-order valence-corrected chi connectivity index (χ1v) is 5.46. The van der Waals surface area contributed by atoms with Crippen LogP contribution in [0.4, 0.5) is 10.5 Å². The number of aliphatic hydroxyl groups is 1. The molecule has 1 aliphatic rings. The average molecular weight is 220 g/mol. The van der Waals surface area contributed by atoms with Crippen LogP contribution in [0.5, 0.6) is 0 Å². The summed E-state index contributed by atoms with van der Waals surface area (Å²) in [6.07, 6.45) is 0.683. The Morgan fingerprint density at radius 2 is 2.06 bits per heavy atom. The Balaban J connectivity index is 1.87. The van der Waals surface area contributed by atoms with Crippen LogP contribution in [-0.2, 0) is 0 Å². The van der Waals surface area contributed by atoms with Crippen LogP contribution in [0.25, 0.3) is 0 Å². The van der Waals surface area contributed by atoms with E-state index in [1.807, 2.05) is 37.3 Å². The maximum atomic E-state index is 11.7. The number of hydrogen-bond donors (Lipinski definition) is 2. The van der Waals surface area contributed by atoms with Gasteiger partial charge in [0.15, 0.2) is 0 Å². The summed E-state index contributed by atoms with van der Waals surface area (Å²) >= 11 is 0. The number of para-hydroxylation sites is 1. The number of nitrogens with one attached hydrogen (secondary N) is 1. The number of rotatable bonds is 2. The first-order valence-electron chi connectivity index (χ1n) is 5.46. The topological polar surface area (TPSA) is 52.6 Å². The standard InChI is InChI=1S/C12H16N2O2/c1-2-12(16)8-14(9-12)11(15)13-10-6-4-3-5-7-10/h3-7,16H,2,8-9H2,1H3,(H,13,15). The van der Waals surface area contributed by atoms with E-state index >= 15 is 0 Å². The van der Waals surface area contributed by atoms with Gasteiger partial charge in [0, 0.05) is 5.69 Å². The van der Waals surface area contributed by atoms with Gasteiger partial charge in [0.05, 0.1) is 18.7 Å². The van der Waals surface area contributed by atoms with Crippen molar-refractivity contribution in [2.75, 3.05) is 18.4 Å². The van der Waals surface area contributed by atoms with Crippen LogP contribution in [0.1, 0.15) is 13.3 Å². The van der Waals surface area contributed by atoms with Gasteiger partial charge in [-0.3, -0.25) is 0 Å². The number of amides is 2. The second-order valence-corrected chi connectivity index (χ2v) is 4.23. The molecule has 4 nitrogen and oxygen atoms in total. The van der Waals surface area contributed by atoms with Crippen LogP contribution in [-0.4, -0.2) is 34.7 Å². The molecule has 0 radical (unpaired) electrons. The van der Waals surface area contributed by atoms with E-state index in [0.29, 0.717) is 19.5 Å². The molecule has 1 aliphatic heterocycles. The minimum absolute atomic E-state index is 0.149. The van der Waals surface area contributed by atoms with Crippen molar-refractivity contribution in [1.29, 1.82) is 0 Å². The Labute approximate surface area is 94.9 Å². The molecule has 2 rings (SSSR count). The lowest BCUT2D eigenvalue weighted by Gasteiger charge is -2.45. The molecule has 0 bridgehead atoms. The van der Waals surface area contributed by atoms with Crippen molar-refractivity contribution in [2.24, 2.45) is 0 Å². The summed E-state index contributed by atoms with van der Waals surface area (Å²) in [6, 6.07) is 9.16. The third-order valence-corrected chi connectivity index (χ3v) is 2.94. The molecule has 16 heavy (non-hydrogen) atoms. The van der Waals surface area contributed by atoms with Gasteiger partial charge in [0.2, 0.25) is 0 Å². The second-order valence-electron chi connectivity index (χ2n) is 4.23. The van der Waals surface area contributed by atoms with E-state index in [1.54, 1.807) is 4.90 Å². The van der Waals surface area contributed by atoms with E-state index in [2.05, 4.69) is 5.32 Å². The number of hydrogen-bond acceptors (Lipinski definition) is 2. The van der Waals surface area contributed by atoms with Crippen LogP contribution < -0.4 is 5.32 Å². The van der Waals surface area contributed by atoms with Crippen LogP contribution >= 0.6 is 0 Å². The summed E-state index contributed by atoms with van der Waals surface area (Å²) in [5.74, 6) is 0. The number of urea groups is 1. The van der Waals surface area contributed by atoms with Crippen molar-refractivity contribution in [3.05, 3.63) is 30.3 Å². The SMILES string of the molecule is CCC1(O)CN(C(=O)Nc2ccccc2)C1. The molecular weight excluding hydrogens is 204 g/mol. The Morgan fingerprint density at radius 1 is 1.44 bits per heavy atom. The largest absolute Gasteiger partial charge is 0.386 e. The highest BCUT2D eigenvalue weighted by Gasteiger charge is 2.41. The normalized spacial score (nSPS) is 17.8. The lowest BCUT2D eigenvalue weighted by Crippen LogP contribution is -2.63. The number of carbonyl (C=O) groups excluding carboxylic acids is 1. The number of β-amino-alcohol motifs (C(OH)–C–C–N with tert-alkyl or cyclic N) is 1. The van der Waals surface area contributed by atoms with E-state index in [-0.39, 0.29) is 6.03 Å². The number of likely N-dealkylation sites (tertiary alicyclic amines) is 1. The third-order valence-electron chi connectivity index (χ3n) is 2.94. The molecule has 0 atom stereocenters. The van der Waals surface area contributed by atoms with Gasteiger partial charge in [-0.1, -0.05) is 25.1 Å². The molecule has 0 saturated carbocycles. The second kappa shape index (κ2) is 4.14. The Bertz CT molecular complexity index is 372. The van der Waals surface area contributed by atoms with Gasteiger partial charge in [-0.25, -0.2) is 4.79 Å². The molecule has 0 aliphatic carbocycles. The third kappa shape index (κ3) is 2.17. The highest BCUT2D eigenvalue weighted by Crippen LogP contribution is 2.24. The molecule has 1 fully saturated rings. The lowest BCUT2D eigenvalue weighted by molar-refractivity contribution is -0.0755. The molecule has 0 aromatic heterocycles. The van der Waals surface area contributed by atoms with Crippen molar-refractivity contribution < 1.29 is 9.90 Å². The van der Waals surface area contributed by atoms with E-state index in [1.165, 1.54) is 0 Å². The minimum atomic E-state index is -0.673. The molecule has 86 valence electrons. The maximum absolute atomic E-state index is 11.7.